The van der Waals surface area contributed by atoms with Gasteiger partial charge in [0.25, 0.3) is 22.7 Å². The topological polar surface area (TPSA) is 213 Å². The maximum absolute atomic E-state index is 11.7. The summed E-state index contributed by atoms with van der Waals surface area (Å²) in [6.07, 6.45) is 0. The van der Waals surface area contributed by atoms with Crippen LogP contribution in [0.4, 0.5) is 34.1 Å². The molecule has 17 nitrogen and oxygen atoms in total. The summed E-state index contributed by atoms with van der Waals surface area (Å²) in [4.78, 5) is 42.3. The summed E-state index contributed by atoms with van der Waals surface area (Å²) < 4.78 is 5.29. The average Bonchev–Trinajstić information content (AvgIpc) is 3.32. The highest BCUT2D eigenvalue weighted by Gasteiger charge is 2.33. The fraction of sp³-hybridized carbons (Fsp3) is 0.0500. The Hall–Kier alpha value is -5.87. The van der Waals surface area contributed by atoms with E-state index in [-0.39, 0.29) is 39.9 Å². The quantitative estimate of drug-likeness (QED) is 0.341. The summed E-state index contributed by atoms with van der Waals surface area (Å²) in [6, 6.07) is 11.8. The number of ether oxygens (including phenoxy) is 1. The number of non-ortho nitro benzene ring substituents is 3. The minimum Gasteiger partial charge on any atom is -0.494 e. The molecule has 1 heterocycles. The maximum Gasteiger partial charge on any atom is 0.287 e. The number of anilines is 2. The first kappa shape index (κ1) is 24.3. The summed E-state index contributed by atoms with van der Waals surface area (Å²) in [6.45, 7) is 0. The molecule has 37 heavy (non-hydrogen) atoms. The van der Waals surface area contributed by atoms with Gasteiger partial charge in [-0.3, -0.25) is 45.9 Å². The number of hydrazine groups is 2. The highest BCUT2D eigenvalue weighted by Crippen LogP contribution is 2.36. The summed E-state index contributed by atoms with van der Waals surface area (Å²) in [5, 5.41) is 51.8. The fourth-order valence-corrected chi connectivity index (χ4v) is 3.41. The van der Waals surface area contributed by atoms with Crippen molar-refractivity contribution in [2.75, 3.05) is 17.3 Å². The Labute approximate surface area is 205 Å². The number of rotatable bonds is 8. The molecule has 0 radical (unpaired) electrons. The number of hydrogen-bond donors (Lipinski definition) is 1. The lowest BCUT2D eigenvalue weighted by molar-refractivity contribution is -0.394. The number of nitro groups is 4. The third-order valence-electron chi connectivity index (χ3n) is 5.13. The summed E-state index contributed by atoms with van der Waals surface area (Å²) in [5.41, 5.74) is 1.59. The van der Waals surface area contributed by atoms with Gasteiger partial charge < -0.3 is 4.74 Å². The second kappa shape index (κ2) is 9.41. The Kier molecular flexibility index (Phi) is 6.17. The largest absolute Gasteiger partial charge is 0.494 e. The normalized spacial score (nSPS) is 12.5. The highest BCUT2D eigenvalue weighted by molar-refractivity contribution is 6.05. The Morgan fingerprint density at radius 2 is 1.32 bits per heavy atom. The van der Waals surface area contributed by atoms with E-state index >= 15 is 0 Å². The molecular weight excluding hydrogens is 496 g/mol. The van der Waals surface area contributed by atoms with Crippen molar-refractivity contribution < 1.29 is 24.4 Å². The molecule has 0 saturated heterocycles. The molecule has 0 spiro atoms. The van der Waals surface area contributed by atoms with E-state index in [4.69, 9.17) is 4.74 Å². The van der Waals surface area contributed by atoms with Gasteiger partial charge in [-0.25, -0.2) is 0 Å². The number of hydrogen-bond acceptors (Lipinski definition) is 13. The second-order valence-electron chi connectivity index (χ2n) is 7.26. The van der Waals surface area contributed by atoms with Crippen molar-refractivity contribution >= 4 is 40.0 Å². The number of nitrogens with one attached hydrogen (secondary N) is 1. The molecule has 0 aliphatic carbocycles. The van der Waals surface area contributed by atoms with Gasteiger partial charge in [-0.15, -0.1) is 5.10 Å². The van der Waals surface area contributed by atoms with E-state index in [0.717, 1.165) is 24.3 Å². The first-order chi connectivity index (χ1) is 17.6. The van der Waals surface area contributed by atoms with Gasteiger partial charge in [0.1, 0.15) is 5.69 Å². The second-order valence-corrected chi connectivity index (χ2v) is 7.26. The number of hydrazone groups is 1. The van der Waals surface area contributed by atoms with E-state index in [1.54, 1.807) is 0 Å². The fourth-order valence-electron chi connectivity index (χ4n) is 3.41. The smallest absolute Gasteiger partial charge is 0.287 e. The minimum atomic E-state index is -0.808. The SMILES string of the molecule is COc1cc([N+](=O)[O-])ccc1N1NC(c2ccc([N+](=O)[O-])cc2[N+](=O)[O-])=NN1c1ccc([N+](=O)[O-])cc1. The highest BCUT2D eigenvalue weighted by atomic mass is 16.6. The molecule has 1 aliphatic rings. The van der Waals surface area contributed by atoms with Crippen LogP contribution in [0.15, 0.2) is 65.8 Å². The predicted octanol–water partition coefficient (Wildman–Crippen LogP) is 3.44. The Bertz CT molecular complexity index is 1480. The molecule has 3 aromatic carbocycles. The van der Waals surface area contributed by atoms with E-state index in [1.165, 1.54) is 53.7 Å². The molecule has 17 heteroatoms. The first-order valence-electron chi connectivity index (χ1n) is 10.1. The third kappa shape index (κ3) is 4.58. The number of nitrogens with zero attached hydrogens (tertiary/aromatic N) is 7. The van der Waals surface area contributed by atoms with Gasteiger partial charge in [0, 0.05) is 24.3 Å². The molecule has 4 rings (SSSR count). The standard InChI is InChI=1S/C20H14N8O9/c1-37-19-11-15(27(33)34)7-9-17(19)24-22-20(16-8-6-14(26(31)32)10-18(16)28(35)36)21-23(24)12-2-4-13(5-3-12)25(29)30/h2-11H,1H3,(H,21,22). The Morgan fingerprint density at radius 3 is 1.89 bits per heavy atom. The summed E-state index contributed by atoms with van der Waals surface area (Å²) in [5.74, 6) is -0.0800. The summed E-state index contributed by atoms with van der Waals surface area (Å²) >= 11 is 0. The van der Waals surface area contributed by atoms with Crippen LogP contribution in [0.25, 0.3) is 0 Å². The van der Waals surface area contributed by atoms with Crippen molar-refractivity contribution in [1.82, 2.24) is 5.43 Å². The molecule has 0 saturated carbocycles. The van der Waals surface area contributed by atoms with E-state index in [0.29, 0.717) is 0 Å². The predicted molar refractivity (Wildman–Crippen MR) is 127 cm³/mol. The van der Waals surface area contributed by atoms with Crippen LogP contribution >= 0.6 is 0 Å². The number of nitro benzene ring substituents is 4. The molecule has 0 fully saturated rings. The number of amidine groups is 1. The van der Waals surface area contributed by atoms with Crippen LogP contribution in [0.2, 0.25) is 0 Å². The van der Waals surface area contributed by atoms with E-state index in [2.05, 4.69) is 10.5 Å². The van der Waals surface area contributed by atoms with Crippen molar-refractivity contribution in [3.63, 3.8) is 0 Å². The van der Waals surface area contributed by atoms with Gasteiger partial charge in [-0.1, -0.05) is 0 Å². The molecule has 1 N–H and O–H groups in total. The van der Waals surface area contributed by atoms with Gasteiger partial charge in [0.05, 0.1) is 50.2 Å². The van der Waals surface area contributed by atoms with Crippen molar-refractivity contribution in [3.05, 3.63) is 107 Å². The Balaban J connectivity index is 1.86. The molecular formula is C20H14N8O9. The van der Waals surface area contributed by atoms with Gasteiger partial charge in [0.15, 0.2) is 11.6 Å². The van der Waals surface area contributed by atoms with Crippen LogP contribution in [0.1, 0.15) is 5.56 Å². The van der Waals surface area contributed by atoms with Crippen molar-refractivity contribution in [2.24, 2.45) is 5.10 Å². The lowest BCUT2D eigenvalue weighted by atomic mass is 10.1. The zero-order valence-corrected chi connectivity index (χ0v) is 18.6. The van der Waals surface area contributed by atoms with Crippen molar-refractivity contribution in [2.45, 2.75) is 0 Å². The molecule has 188 valence electrons. The zero-order valence-electron chi connectivity index (χ0n) is 18.6. The molecule has 3 aromatic rings. The van der Waals surface area contributed by atoms with Crippen LogP contribution in [0, 0.1) is 40.5 Å². The lowest BCUT2D eigenvalue weighted by Crippen LogP contribution is -2.45. The van der Waals surface area contributed by atoms with Crippen LogP contribution in [-0.4, -0.2) is 32.6 Å². The molecule has 0 aromatic heterocycles. The zero-order chi connectivity index (χ0) is 26.9. The summed E-state index contributed by atoms with van der Waals surface area (Å²) in [7, 11) is 1.28. The lowest BCUT2D eigenvalue weighted by Gasteiger charge is -2.28. The average molecular weight is 510 g/mol. The van der Waals surface area contributed by atoms with E-state index in [9.17, 15) is 40.5 Å². The van der Waals surface area contributed by atoms with Gasteiger partial charge in [-0.2, -0.15) is 10.2 Å². The minimum absolute atomic E-state index is 0.0308. The maximum atomic E-state index is 11.7. The molecule has 1 aliphatic heterocycles. The molecule has 0 atom stereocenters. The molecule has 0 amide bonds. The molecule has 0 bridgehead atoms. The van der Waals surface area contributed by atoms with Crippen molar-refractivity contribution in [1.29, 1.82) is 0 Å². The van der Waals surface area contributed by atoms with Crippen LogP contribution in [0.3, 0.4) is 0 Å². The van der Waals surface area contributed by atoms with E-state index in [1.807, 2.05) is 0 Å². The number of methoxy groups -OCH3 is 1. The van der Waals surface area contributed by atoms with Gasteiger partial charge >= 0.3 is 0 Å². The van der Waals surface area contributed by atoms with E-state index < -0.39 is 31.1 Å². The van der Waals surface area contributed by atoms with Gasteiger partial charge in [-0.05, 0) is 24.3 Å². The first-order valence-corrected chi connectivity index (χ1v) is 10.1. The molecule has 0 unspecified atom stereocenters. The number of benzene rings is 3. The third-order valence-corrected chi connectivity index (χ3v) is 5.13. The van der Waals surface area contributed by atoms with Crippen LogP contribution in [0.5, 0.6) is 5.75 Å². The van der Waals surface area contributed by atoms with Crippen LogP contribution in [-0.2, 0) is 0 Å². The van der Waals surface area contributed by atoms with Gasteiger partial charge in [0.2, 0.25) is 0 Å². The monoisotopic (exact) mass is 510 g/mol. The van der Waals surface area contributed by atoms with Crippen LogP contribution < -0.4 is 20.4 Å². The Morgan fingerprint density at radius 1 is 0.757 bits per heavy atom. The van der Waals surface area contributed by atoms with Crippen molar-refractivity contribution in [3.8, 4) is 5.75 Å².